The molecule has 0 N–H and O–H groups in total. The van der Waals surface area contributed by atoms with Gasteiger partial charge in [0.2, 0.25) is 0 Å². The summed E-state index contributed by atoms with van der Waals surface area (Å²) >= 11 is 12.9. The first-order valence-electron chi connectivity index (χ1n) is 13.3. The van der Waals surface area contributed by atoms with Gasteiger partial charge in [-0.05, 0) is 94.2 Å². The number of carbonyl (C=O) groups is 1. The number of ether oxygens (including phenoxy) is 1. The number of carbonyl (C=O) groups excluding carboxylic acids is 1. The van der Waals surface area contributed by atoms with Crippen LogP contribution in [-0.4, -0.2) is 22.4 Å². The summed E-state index contributed by atoms with van der Waals surface area (Å²) in [6, 6.07) is 5.69. The van der Waals surface area contributed by atoms with Crippen molar-refractivity contribution in [1.29, 1.82) is 0 Å². The molecule has 35 heavy (non-hydrogen) atoms. The number of nitrogens with zero attached hydrogens (tertiary/aromatic N) is 2. The largest absolute Gasteiger partial charge is 0.466 e. The Hall–Kier alpha value is -1.52. The Kier molecular flexibility index (Phi) is 5.28. The maximum atomic E-state index is 13.2. The number of esters is 1. The fraction of sp³-hybridized carbons (Fsp3) is 0.655. The van der Waals surface area contributed by atoms with Crippen molar-refractivity contribution in [3.05, 3.63) is 45.7 Å². The zero-order chi connectivity index (χ0) is 24.8. The van der Waals surface area contributed by atoms with Crippen LogP contribution in [0.1, 0.15) is 90.3 Å². The van der Waals surface area contributed by atoms with Gasteiger partial charge in [0.15, 0.2) is 0 Å². The van der Waals surface area contributed by atoms with Gasteiger partial charge in [0.25, 0.3) is 0 Å². The summed E-state index contributed by atoms with van der Waals surface area (Å²) in [4.78, 5) is 13.2. The van der Waals surface area contributed by atoms with E-state index in [1.165, 1.54) is 30.5 Å². The molecule has 0 amide bonds. The van der Waals surface area contributed by atoms with Gasteiger partial charge in [-0.25, -0.2) is 4.68 Å². The normalized spacial score (nSPS) is 39.5. The molecule has 4 aliphatic rings. The van der Waals surface area contributed by atoms with Crippen molar-refractivity contribution in [2.75, 3.05) is 6.61 Å². The number of fused-ring (bicyclic) bond motifs is 5. The lowest BCUT2D eigenvalue weighted by molar-refractivity contribution is -0.180. The van der Waals surface area contributed by atoms with Gasteiger partial charge in [0, 0.05) is 21.4 Å². The molecule has 1 aromatic carbocycles. The lowest BCUT2D eigenvalue weighted by Crippen LogP contribution is -2.60. The monoisotopic (exact) mass is 514 g/mol. The minimum Gasteiger partial charge on any atom is -0.466 e. The van der Waals surface area contributed by atoms with Crippen molar-refractivity contribution in [3.8, 4) is 5.69 Å². The van der Waals surface area contributed by atoms with E-state index >= 15 is 0 Å². The predicted molar refractivity (Wildman–Crippen MR) is 139 cm³/mol. The molecule has 2 bridgehead atoms. The van der Waals surface area contributed by atoms with Crippen LogP contribution in [0.2, 0.25) is 10.0 Å². The topological polar surface area (TPSA) is 44.1 Å². The fourth-order valence-corrected chi connectivity index (χ4v) is 10.0. The molecule has 1 spiro atoms. The van der Waals surface area contributed by atoms with E-state index in [0.717, 1.165) is 37.8 Å². The second-order valence-corrected chi connectivity index (χ2v) is 13.3. The van der Waals surface area contributed by atoms with Crippen LogP contribution >= 0.6 is 23.2 Å². The van der Waals surface area contributed by atoms with Crippen molar-refractivity contribution >= 4 is 29.2 Å². The Bertz CT molecular complexity index is 1210. The Labute approximate surface area is 218 Å². The van der Waals surface area contributed by atoms with Gasteiger partial charge in [0.1, 0.15) is 0 Å². The number of benzene rings is 1. The summed E-state index contributed by atoms with van der Waals surface area (Å²) in [7, 11) is 0. The average Bonchev–Trinajstić information content (AvgIpc) is 3.31. The van der Waals surface area contributed by atoms with Crippen LogP contribution in [0.3, 0.4) is 0 Å². The third-order valence-corrected chi connectivity index (χ3v) is 11.3. The molecule has 3 fully saturated rings. The predicted octanol–water partition coefficient (Wildman–Crippen LogP) is 7.66. The molecule has 1 aromatic heterocycles. The highest BCUT2D eigenvalue weighted by Crippen LogP contribution is 2.73. The molecule has 0 saturated heterocycles. The number of halogens is 2. The van der Waals surface area contributed by atoms with Crippen LogP contribution < -0.4 is 0 Å². The lowest BCUT2D eigenvalue weighted by atomic mass is 9.40. The van der Waals surface area contributed by atoms with Crippen LogP contribution in [0.4, 0.5) is 0 Å². The summed E-state index contributed by atoms with van der Waals surface area (Å²) in [5.41, 5.74) is 3.62. The Balaban J connectivity index is 1.45. The molecule has 6 heteroatoms. The van der Waals surface area contributed by atoms with Gasteiger partial charge < -0.3 is 4.74 Å². The third-order valence-electron chi connectivity index (χ3n) is 10.8. The molecule has 2 aromatic rings. The lowest BCUT2D eigenvalue weighted by Gasteiger charge is -2.64. The van der Waals surface area contributed by atoms with E-state index < -0.39 is 0 Å². The van der Waals surface area contributed by atoms with Crippen LogP contribution in [-0.2, 0) is 20.4 Å². The molecule has 3 saturated carbocycles. The van der Waals surface area contributed by atoms with E-state index in [1.54, 1.807) is 0 Å². The second-order valence-electron chi connectivity index (χ2n) is 12.5. The molecule has 188 valence electrons. The quantitative estimate of drug-likeness (QED) is 0.394. The minimum absolute atomic E-state index is 0.0184. The van der Waals surface area contributed by atoms with Gasteiger partial charge in [-0.2, -0.15) is 5.10 Å². The fourth-order valence-electron chi connectivity index (χ4n) is 9.54. The number of aromatic nitrogens is 2. The number of hydrogen-bond acceptors (Lipinski definition) is 3. The molecular weight excluding hydrogens is 479 g/mol. The third kappa shape index (κ3) is 3.05. The second kappa shape index (κ2) is 7.74. The van der Waals surface area contributed by atoms with Crippen molar-refractivity contribution in [2.45, 2.75) is 89.9 Å². The molecule has 6 atom stereocenters. The summed E-state index contributed by atoms with van der Waals surface area (Å²) in [5.74, 6) is 0.938. The highest BCUT2D eigenvalue weighted by molar-refractivity contribution is 6.35. The molecule has 1 heterocycles. The van der Waals surface area contributed by atoms with Crippen molar-refractivity contribution in [2.24, 2.45) is 22.7 Å². The van der Waals surface area contributed by atoms with E-state index in [4.69, 9.17) is 33.0 Å². The Morgan fingerprint density at radius 2 is 1.89 bits per heavy atom. The van der Waals surface area contributed by atoms with Gasteiger partial charge in [-0.1, -0.05) is 43.5 Å². The average molecular weight is 516 g/mol. The Morgan fingerprint density at radius 1 is 1.11 bits per heavy atom. The van der Waals surface area contributed by atoms with Gasteiger partial charge in [-0.15, -0.1) is 0 Å². The Morgan fingerprint density at radius 3 is 2.63 bits per heavy atom. The summed E-state index contributed by atoms with van der Waals surface area (Å²) in [5, 5.41) is 6.21. The summed E-state index contributed by atoms with van der Waals surface area (Å²) < 4.78 is 7.74. The molecule has 4 nitrogen and oxygen atoms in total. The maximum absolute atomic E-state index is 13.2. The highest BCUT2D eigenvalue weighted by Gasteiger charge is 2.68. The molecular formula is C29H36Cl2N2O2. The molecule has 0 unspecified atom stereocenters. The number of rotatable bonds is 3. The summed E-state index contributed by atoms with van der Waals surface area (Å²) in [6.45, 7) is 9.50. The van der Waals surface area contributed by atoms with E-state index in [0.29, 0.717) is 28.5 Å². The van der Waals surface area contributed by atoms with Crippen LogP contribution in [0.15, 0.2) is 24.4 Å². The summed E-state index contributed by atoms with van der Waals surface area (Å²) in [6.07, 6.45) is 11.1. The first kappa shape index (κ1) is 23.9. The standard InChI is InChI=1S/C29H36Cl2N2O2/c1-5-35-25(34)28(4)12-6-11-27(3)22(28)10-14-29-17-26(2,13-9-23(27)29)24-19(29)16-32-33(24)21-8-7-18(30)15-20(21)31/h7-8,15-16,22-23H,5-6,9-14,17H2,1-4H3/t22-,23-,26-,27+,28+,29+/m0/s1. The zero-order valence-electron chi connectivity index (χ0n) is 21.3. The van der Waals surface area contributed by atoms with Gasteiger partial charge in [0.05, 0.1) is 34.6 Å². The smallest absolute Gasteiger partial charge is 0.312 e. The molecule has 4 aliphatic carbocycles. The van der Waals surface area contributed by atoms with E-state index in [2.05, 4.69) is 31.6 Å². The van der Waals surface area contributed by atoms with Crippen molar-refractivity contribution in [3.63, 3.8) is 0 Å². The first-order chi connectivity index (χ1) is 16.6. The van der Waals surface area contributed by atoms with Gasteiger partial charge >= 0.3 is 5.97 Å². The molecule has 0 radical (unpaired) electrons. The van der Waals surface area contributed by atoms with E-state index in [9.17, 15) is 4.79 Å². The van der Waals surface area contributed by atoms with Crippen LogP contribution in [0, 0.1) is 22.7 Å². The molecule has 6 rings (SSSR count). The zero-order valence-corrected chi connectivity index (χ0v) is 22.8. The van der Waals surface area contributed by atoms with E-state index in [-0.39, 0.29) is 27.6 Å². The first-order valence-corrected chi connectivity index (χ1v) is 14.1. The van der Waals surface area contributed by atoms with Crippen LogP contribution in [0.5, 0.6) is 0 Å². The van der Waals surface area contributed by atoms with Crippen LogP contribution in [0.25, 0.3) is 5.69 Å². The van der Waals surface area contributed by atoms with Crippen molar-refractivity contribution < 1.29 is 9.53 Å². The highest BCUT2D eigenvalue weighted by atomic mass is 35.5. The minimum atomic E-state index is -0.381. The molecule has 0 aliphatic heterocycles. The number of hydrogen-bond donors (Lipinski definition) is 0. The van der Waals surface area contributed by atoms with Gasteiger partial charge in [-0.3, -0.25) is 4.79 Å². The maximum Gasteiger partial charge on any atom is 0.312 e. The SMILES string of the molecule is CCOC(=O)[C@]1(C)CCC[C@@]2(C)[C@@H]3CC[C@@]4(C)C[C@]3(CC[C@@H]21)c1cnn(-c2ccc(Cl)cc2Cl)c14. The van der Waals surface area contributed by atoms with Crippen molar-refractivity contribution in [1.82, 2.24) is 9.78 Å². The van der Waals surface area contributed by atoms with E-state index in [1.807, 2.05) is 25.1 Å².